The highest BCUT2D eigenvalue weighted by Crippen LogP contribution is 2.38. The Labute approximate surface area is 143 Å². The minimum Gasteiger partial charge on any atom is -0.454 e. The third-order valence-corrected chi connectivity index (χ3v) is 4.50. The molecule has 5 rings (SSSR count). The van der Waals surface area contributed by atoms with Crippen LogP contribution in [-0.2, 0) is 0 Å². The lowest BCUT2D eigenvalue weighted by Gasteiger charge is -2.06. The number of hydrogen-bond acceptors (Lipinski definition) is 3. The molecule has 0 aliphatic heterocycles. The molecule has 0 aliphatic carbocycles. The van der Waals surface area contributed by atoms with Gasteiger partial charge in [-0.1, -0.05) is 48.5 Å². The monoisotopic (exact) mass is 320 g/mol. The number of para-hydroxylation sites is 2. The average molecular weight is 320 g/mol. The molecule has 0 atom stereocenters. The normalized spacial score (nSPS) is 11.2. The van der Waals surface area contributed by atoms with E-state index < -0.39 is 0 Å². The number of pyridine rings is 1. The molecular weight excluding hydrogens is 308 g/mol. The second kappa shape index (κ2) is 5.19. The minimum atomic E-state index is 0.630. The van der Waals surface area contributed by atoms with Crippen LogP contribution in [0.3, 0.4) is 0 Å². The van der Waals surface area contributed by atoms with Gasteiger partial charge in [-0.15, -0.1) is 0 Å². The average Bonchev–Trinajstić information content (AvgIpc) is 3.07. The lowest BCUT2D eigenvalue weighted by Crippen LogP contribution is -1.88. The summed E-state index contributed by atoms with van der Waals surface area (Å²) in [5.41, 5.74) is 4.93. The molecule has 0 N–H and O–H groups in total. The van der Waals surface area contributed by atoms with E-state index in [-0.39, 0.29) is 0 Å². The zero-order chi connectivity index (χ0) is 16.8. The van der Waals surface area contributed by atoms with Crippen LogP contribution in [0, 0.1) is 11.3 Å². The summed E-state index contributed by atoms with van der Waals surface area (Å²) in [6, 6.07) is 25.8. The predicted molar refractivity (Wildman–Crippen MR) is 99.2 cm³/mol. The lowest BCUT2D eigenvalue weighted by molar-refractivity contribution is 0.669. The number of furan rings is 1. The standard InChI is InChI=1S/C22H12N2O/c23-13-14-9-11-15(12-10-14)21-22-20(16-5-1-3-7-18(16)24-21)17-6-2-4-8-19(17)25-22/h1-12H. The molecular formula is C22H12N2O. The molecule has 0 aliphatic rings. The molecule has 116 valence electrons. The van der Waals surface area contributed by atoms with E-state index in [1.165, 1.54) is 0 Å². The van der Waals surface area contributed by atoms with Crippen molar-refractivity contribution in [1.29, 1.82) is 5.26 Å². The van der Waals surface area contributed by atoms with Gasteiger partial charge in [0.2, 0.25) is 0 Å². The van der Waals surface area contributed by atoms with E-state index in [1.54, 1.807) is 12.1 Å². The lowest BCUT2D eigenvalue weighted by atomic mass is 10.0. The summed E-state index contributed by atoms with van der Waals surface area (Å²) in [5, 5.41) is 12.3. The molecule has 0 unspecified atom stereocenters. The minimum absolute atomic E-state index is 0.630. The molecule has 3 nitrogen and oxygen atoms in total. The smallest absolute Gasteiger partial charge is 0.162 e. The number of aromatic nitrogens is 1. The highest BCUT2D eigenvalue weighted by atomic mass is 16.3. The topological polar surface area (TPSA) is 49.8 Å². The van der Waals surface area contributed by atoms with Crippen LogP contribution in [-0.4, -0.2) is 4.98 Å². The van der Waals surface area contributed by atoms with Crippen LogP contribution in [0.25, 0.3) is 44.1 Å². The summed E-state index contributed by atoms with van der Waals surface area (Å²) in [6.45, 7) is 0. The Hall–Kier alpha value is -3.64. The molecule has 25 heavy (non-hydrogen) atoms. The first-order valence-corrected chi connectivity index (χ1v) is 8.06. The molecule has 2 heterocycles. The zero-order valence-electron chi connectivity index (χ0n) is 13.2. The van der Waals surface area contributed by atoms with Gasteiger partial charge in [-0.25, -0.2) is 4.98 Å². The van der Waals surface area contributed by atoms with Crippen molar-refractivity contribution in [2.24, 2.45) is 0 Å². The fraction of sp³-hybridized carbons (Fsp3) is 0. The van der Waals surface area contributed by atoms with Crippen LogP contribution in [0.5, 0.6) is 0 Å². The number of hydrogen-bond donors (Lipinski definition) is 0. The summed E-state index contributed by atoms with van der Waals surface area (Å²) < 4.78 is 6.18. The Balaban J connectivity index is 1.96. The van der Waals surface area contributed by atoms with Crippen molar-refractivity contribution in [3.8, 4) is 17.3 Å². The summed E-state index contributed by atoms with van der Waals surface area (Å²) in [7, 11) is 0. The SMILES string of the molecule is N#Cc1ccc(-c2nc3ccccc3c3c2oc2ccccc23)cc1. The van der Waals surface area contributed by atoms with Crippen molar-refractivity contribution in [2.45, 2.75) is 0 Å². The molecule has 3 heteroatoms. The van der Waals surface area contributed by atoms with Crippen molar-refractivity contribution >= 4 is 32.8 Å². The second-order valence-electron chi connectivity index (χ2n) is 5.97. The molecule has 0 bridgehead atoms. The van der Waals surface area contributed by atoms with Gasteiger partial charge in [-0.05, 0) is 24.3 Å². The number of benzene rings is 3. The molecule has 3 aromatic carbocycles. The van der Waals surface area contributed by atoms with E-state index in [0.717, 1.165) is 44.1 Å². The number of nitrogens with zero attached hydrogens (tertiary/aromatic N) is 2. The van der Waals surface area contributed by atoms with Crippen molar-refractivity contribution < 1.29 is 4.42 Å². The Kier molecular flexibility index (Phi) is 2.86. The fourth-order valence-corrected chi connectivity index (χ4v) is 3.33. The Morgan fingerprint density at radius 3 is 2.32 bits per heavy atom. The molecule has 2 aromatic heterocycles. The van der Waals surface area contributed by atoms with Crippen molar-refractivity contribution in [2.75, 3.05) is 0 Å². The van der Waals surface area contributed by atoms with E-state index in [4.69, 9.17) is 14.7 Å². The number of nitriles is 1. The van der Waals surface area contributed by atoms with Crippen LogP contribution < -0.4 is 0 Å². The highest BCUT2D eigenvalue weighted by molar-refractivity contribution is 6.20. The molecule has 0 saturated heterocycles. The second-order valence-corrected chi connectivity index (χ2v) is 5.97. The van der Waals surface area contributed by atoms with Crippen molar-refractivity contribution in [1.82, 2.24) is 4.98 Å². The van der Waals surface area contributed by atoms with Gasteiger partial charge in [-0.2, -0.15) is 5.26 Å². The van der Waals surface area contributed by atoms with E-state index in [0.29, 0.717) is 5.56 Å². The molecule has 0 fully saturated rings. The van der Waals surface area contributed by atoms with Gasteiger partial charge in [-0.3, -0.25) is 0 Å². The van der Waals surface area contributed by atoms with Crippen LogP contribution in [0.15, 0.2) is 77.2 Å². The Morgan fingerprint density at radius 1 is 0.800 bits per heavy atom. The van der Waals surface area contributed by atoms with Crippen LogP contribution >= 0.6 is 0 Å². The highest BCUT2D eigenvalue weighted by Gasteiger charge is 2.17. The van der Waals surface area contributed by atoms with Gasteiger partial charge in [0.05, 0.1) is 17.1 Å². The van der Waals surface area contributed by atoms with E-state index in [1.807, 2.05) is 48.5 Å². The number of rotatable bonds is 1. The van der Waals surface area contributed by atoms with Crippen molar-refractivity contribution in [3.05, 3.63) is 78.4 Å². The van der Waals surface area contributed by atoms with Gasteiger partial charge < -0.3 is 4.42 Å². The summed E-state index contributed by atoms with van der Waals surface area (Å²) in [6.07, 6.45) is 0. The third-order valence-electron chi connectivity index (χ3n) is 4.50. The maximum Gasteiger partial charge on any atom is 0.162 e. The van der Waals surface area contributed by atoms with E-state index >= 15 is 0 Å². The molecule has 0 saturated carbocycles. The first-order valence-electron chi connectivity index (χ1n) is 8.06. The maximum atomic E-state index is 9.02. The summed E-state index contributed by atoms with van der Waals surface area (Å²) in [4.78, 5) is 4.85. The first kappa shape index (κ1) is 13.8. The summed E-state index contributed by atoms with van der Waals surface area (Å²) >= 11 is 0. The maximum absolute atomic E-state index is 9.02. The van der Waals surface area contributed by atoms with Crippen LogP contribution in [0.1, 0.15) is 5.56 Å². The first-order chi connectivity index (χ1) is 12.3. The largest absolute Gasteiger partial charge is 0.454 e. The van der Waals surface area contributed by atoms with Gasteiger partial charge >= 0.3 is 0 Å². The third kappa shape index (κ3) is 2.02. The molecule has 0 amide bonds. The van der Waals surface area contributed by atoms with E-state index in [9.17, 15) is 0 Å². The Morgan fingerprint density at radius 2 is 1.52 bits per heavy atom. The van der Waals surface area contributed by atoms with Gasteiger partial charge in [0, 0.05) is 21.7 Å². The molecule has 0 radical (unpaired) electrons. The summed E-state index contributed by atoms with van der Waals surface area (Å²) in [5.74, 6) is 0. The zero-order valence-corrected chi connectivity index (χ0v) is 13.2. The van der Waals surface area contributed by atoms with Gasteiger partial charge in [0.25, 0.3) is 0 Å². The molecule has 0 spiro atoms. The van der Waals surface area contributed by atoms with E-state index in [2.05, 4.69) is 18.2 Å². The van der Waals surface area contributed by atoms with Crippen LogP contribution in [0.2, 0.25) is 0 Å². The fourth-order valence-electron chi connectivity index (χ4n) is 3.33. The number of fused-ring (bicyclic) bond motifs is 5. The predicted octanol–water partition coefficient (Wildman–Crippen LogP) is 5.67. The van der Waals surface area contributed by atoms with Gasteiger partial charge in [0.15, 0.2) is 5.58 Å². The van der Waals surface area contributed by atoms with Gasteiger partial charge in [0.1, 0.15) is 11.3 Å². The van der Waals surface area contributed by atoms with Crippen LogP contribution in [0.4, 0.5) is 0 Å². The molecule has 5 aromatic rings. The quantitative estimate of drug-likeness (QED) is 0.399. The van der Waals surface area contributed by atoms with Crippen molar-refractivity contribution in [3.63, 3.8) is 0 Å². The Bertz CT molecular complexity index is 1290.